The highest BCUT2D eigenvalue weighted by Gasteiger charge is 2.09. The molecule has 0 unspecified atom stereocenters. The fourth-order valence-electron chi connectivity index (χ4n) is 1.09. The van der Waals surface area contributed by atoms with Crippen molar-refractivity contribution in [1.82, 2.24) is 19.9 Å². The molecule has 2 aromatic rings. The third-order valence-electron chi connectivity index (χ3n) is 1.83. The molecule has 0 saturated heterocycles. The topological polar surface area (TPSA) is 82.8 Å². The zero-order valence-corrected chi connectivity index (χ0v) is 7.84. The molecule has 14 heavy (non-hydrogen) atoms. The second kappa shape index (κ2) is 3.59. The van der Waals surface area contributed by atoms with Gasteiger partial charge in [0.15, 0.2) is 11.5 Å². The van der Waals surface area contributed by atoms with Crippen LogP contribution in [0.25, 0.3) is 11.6 Å². The first kappa shape index (κ1) is 8.89. The molecular formula is C8H11N5O. The summed E-state index contributed by atoms with van der Waals surface area (Å²) in [5.41, 5.74) is 6.04. The van der Waals surface area contributed by atoms with E-state index in [4.69, 9.17) is 10.3 Å². The Bertz CT molecular complexity index is 379. The summed E-state index contributed by atoms with van der Waals surface area (Å²) in [4.78, 5) is 4.07. The van der Waals surface area contributed by atoms with Gasteiger partial charge in [0.25, 0.3) is 5.89 Å². The fraction of sp³-hybridized carbons (Fsp3) is 0.375. The van der Waals surface area contributed by atoms with Crippen molar-refractivity contribution in [2.24, 2.45) is 5.73 Å². The van der Waals surface area contributed by atoms with E-state index in [1.165, 1.54) is 0 Å². The molecule has 0 spiro atoms. The van der Waals surface area contributed by atoms with Gasteiger partial charge in [-0.05, 0) is 13.0 Å². The van der Waals surface area contributed by atoms with Gasteiger partial charge >= 0.3 is 0 Å². The van der Waals surface area contributed by atoms with E-state index >= 15 is 0 Å². The van der Waals surface area contributed by atoms with E-state index in [0.29, 0.717) is 17.4 Å². The Balaban J connectivity index is 2.29. The minimum absolute atomic E-state index is 0.276. The first-order valence-corrected chi connectivity index (χ1v) is 4.40. The van der Waals surface area contributed by atoms with Crippen molar-refractivity contribution in [3.63, 3.8) is 0 Å². The second-order valence-corrected chi connectivity index (χ2v) is 2.78. The molecule has 0 bridgehead atoms. The highest BCUT2D eigenvalue weighted by molar-refractivity contribution is 5.44. The molecule has 0 fully saturated rings. The van der Waals surface area contributed by atoms with Gasteiger partial charge in [0.2, 0.25) is 0 Å². The molecule has 0 saturated carbocycles. The maximum absolute atomic E-state index is 5.36. The molecule has 2 heterocycles. The van der Waals surface area contributed by atoms with Crippen molar-refractivity contribution in [3.8, 4) is 11.6 Å². The fourth-order valence-corrected chi connectivity index (χ4v) is 1.09. The van der Waals surface area contributed by atoms with Crippen LogP contribution < -0.4 is 5.73 Å². The van der Waals surface area contributed by atoms with Crippen LogP contribution >= 0.6 is 0 Å². The summed E-state index contributed by atoms with van der Waals surface area (Å²) in [6, 6.07) is 1.83. The third kappa shape index (κ3) is 1.51. The Labute approximate surface area is 80.7 Å². The van der Waals surface area contributed by atoms with E-state index in [1.807, 2.05) is 19.2 Å². The molecule has 2 rings (SSSR count). The quantitative estimate of drug-likeness (QED) is 0.763. The molecule has 0 radical (unpaired) electrons. The van der Waals surface area contributed by atoms with Crippen molar-refractivity contribution in [1.29, 1.82) is 0 Å². The van der Waals surface area contributed by atoms with Gasteiger partial charge in [-0.25, -0.2) is 0 Å². The zero-order valence-electron chi connectivity index (χ0n) is 7.84. The van der Waals surface area contributed by atoms with Gasteiger partial charge in [-0.1, -0.05) is 5.16 Å². The standard InChI is InChI=1S/C8H11N5O/c1-2-13-4-3-6(11-13)8-10-7(5-9)12-14-8/h3-4H,2,5,9H2,1H3. The smallest absolute Gasteiger partial charge is 0.278 e. The predicted octanol–water partition coefficient (Wildman–Crippen LogP) is 0.412. The van der Waals surface area contributed by atoms with Crippen molar-refractivity contribution in [3.05, 3.63) is 18.1 Å². The molecule has 0 aromatic carbocycles. The predicted molar refractivity (Wildman–Crippen MR) is 49.1 cm³/mol. The summed E-state index contributed by atoms with van der Waals surface area (Å²) in [5, 5.41) is 7.91. The number of hydrogen-bond acceptors (Lipinski definition) is 5. The molecule has 0 atom stereocenters. The molecule has 74 valence electrons. The molecule has 6 heteroatoms. The monoisotopic (exact) mass is 193 g/mol. The summed E-state index contributed by atoms with van der Waals surface area (Å²) >= 11 is 0. The van der Waals surface area contributed by atoms with Crippen LogP contribution in [0.4, 0.5) is 0 Å². The molecular weight excluding hydrogens is 182 g/mol. The summed E-state index contributed by atoms with van der Waals surface area (Å²) < 4.78 is 6.78. The summed E-state index contributed by atoms with van der Waals surface area (Å²) in [7, 11) is 0. The average molecular weight is 193 g/mol. The number of rotatable bonds is 3. The van der Waals surface area contributed by atoms with E-state index in [9.17, 15) is 0 Å². The van der Waals surface area contributed by atoms with Gasteiger partial charge < -0.3 is 10.3 Å². The Morgan fingerprint density at radius 2 is 2.43 bits per heavy atom. The molecule has 2 aromatic heterocycles. The first-order chi connectivity index (χ1) is 6.83. The van der Waals surface area contributed by atoms with Crippen molar-refractivity contribution >= 4 is 0 Å². The Hall–Kier alpha value is -1.69. The number of aryl methyl sites for hydroxylation is 1. The summed E-state index contributed by atoms with van der Waals surface area (Å²) in [6.45, 7) is 3.10. The Morgan fingerprint density at radius 3 is 3.00 bits per heavy atom. The maximum atomic E-state index is 5.36. The largest absolute Gasteiger partial charge is 0.332 e. The number of aromatic nitrogens is 4. The molecule has 6 nitrogen and oxygen atoms in total. The van der Waals surface area contributed by atoms with E-state index in [2.05, 4.69) is 15.2 Å². The first-order valence-electron chi connectivity index (χ1n) is 4.40. The van der Waals surface area contributed by atoms with Crippen LogP contribution in [0.3, 0.4) is 0 Å². The van der Waals surface area contributed by atoms with E-state index in [0.717, 1.165) is 6.54 Å². The average Bonchev–Trinajstić information content (AvgIpc) is 2.86. The molecule has 0 aliphatic rings. The maximum Gasteiger partial charge on any atom is 0.278 e. The van der Waals surface area contributed by atoms with Crippen molar-refractivity contribution in [2.45, 2.75) is 20.0 Å². The van der Waals surface area contributed by atoms with Gasteiger partial charge in [-0.3, -0.25) is 4.68 Å². The van der Waals surface area contributed by atoms with Gasteiger partial charge in [-0.2, -0.15) is 10.1 Å². The van der Waals surface area contributed by atoms with Crippen LogP contribution in [-0.2, 0) is 13.1 Å². The molecule has 0 aliphatic heterocycles. The lowest BCUT2D eigenvalue weighted by molar-refractivity contribution is 0.421. The van der Waals surface area contributed by atoms with Gasteiger partial charge in [0, 0.05) is 12.7 Å². The minimum atomic E-state index is 0.276. The van der Waals surface area contributed by atoms with Crippen LogP contribution in [0, 0.1) is 0 Å². The van der Waals surface area contributed by atoms with Crippen molar-refractivity contribution in [2.75, 3.05) is 0 Å². The minimum Gasteiger partial charge on any atom is -0.332 e. The number of hydrogen-bond donors (Lipinski definition) is 1. The van der Waals surface area contributed by atoms with Crippen LogP contribution in [0.1, 0.15) is 12.7 Å². The number of nitrogens with zero attached hydrogens (tertiary/aromatic N) is 4. The highest BCUT2D eigenvalue weighted by atomic mass is 16.5. The lowest BCUT2D eigenvalue weighted by atomic mass is 10.4. The van der Waals surface area contributed by atoms with Gasteiger partial charge in [0.1, 0.15) is 0 Å². The lowest BCUT2D eigenvalue weighted by Crippen LogP contribution is -1.98. The normalized spacial score (nSPS) is 10.7. The number of nitrogens with two attached hydrogens (primary N) is 1. The lowest BCUT2D eigenvalue weighted by Gasteiger charge is -1.90. The Kier molecular flexibility index (Phi) is 2.28. The highest BCUT2D eigenvalue weighted by Crippen LogP contribution is 2.13. The molecule has 2 N–H and O–H groups in total. The summed E-state index contributed by atoms with van der Waals surface area (Å²) in [5.74, 6) is 0.906. The van der Waals surface area contributed by atoms with Crippen molar-refractivity contribution < 1.29 is 4.52 Å². The van der Waals surface area contributed by atoms with Crippen LogP contribution in [0.2, 0.25) is 0 Å². The van der Waals surface area contributed by atoms with Crippen LogP contribution in [0.15, 0.2) is 16.8 Å². The molecule has 0 amide bonds. The van der Waals surface area contributed by atoms with E-state index in [1.54, 1.807) is 4.68 Å². The Morgan fingerprint density at radius 1 is 1.57 bits per heavy atom. The third-order valence-corrected chi connectivity index (χ3v) is 1.83. The van der Waals surface area contributed by atoms with Crippen LogP contribution in [-0.4, -0.2) is 19.9 Å². The molecule has 0 aliphatic carbocycles. The van der Waals surface area contributed by atoms with Gasteiger partial charge in [0.05, 0.1) is 6.54 Å². The zero-order chi connectivity index (χ0) is 9.97. The van der Waals surface area contributed by atoms with Gasteiger partial charge in [-0.15, -0.1) is 0 Å². The summed E-state index contributed by atoms with van der Waals surface area (Å²) in [6.07, 6.45) is 1.86. The second-order valence-electron chi connectivity index (χ2n) is 2.78. The van der Waals surface area contributed by atoms with E-state index < -0.39 is 0 Å². The SMILES string of the molecule is CCn1ccc(-c2nc(CN)no2)n1. The van der Waals surface area contributed by atoms with Crippen LogP contribution in [0.5, 0.6) is 0 Å². The van der Waals surface area contributed by atoms with E-state index in [-0.39, 0.29) is 6.54 Å².